The molecule has 1 aliphatic rings. The maximum Gasteiger partial charge on any atom is 0.222 e. The molecule has 2 unspecified atom stereocenters. The Labute approximate surface area is 154 Å². The Hall–Kier alpha value is -1.89. The first-order valence-electron chi connectivity index (χ1n) is 8.47. The lowest BCUT2D eigenvalue weighted by atomic mass is 10.1. The summed E-state index contributed by atoms with van der Waals surface area (Å²) in [4.78, 5) is 20.1. The monoisotopic (exact) mass is 364 g/mol. The van der Waals surface area contributed by atoms with Crippen LogP contribution in [0.1, 0.15) is 31.6 Å². The Balaban J connectivity index is 0.00000225. The minimum atomic E-state index is -0.112. The number of ether oxygens (including phenoxy) is 1. The van der Waals surface area contributed by atoms with Gasteiger partial charge in [-0.2, -0.15) is 0 Å². The molecular formula is C18H25ClN4O2. The summed E-state index contributed by atoms with van der Waals surface area (Å²) in [7, 11) is 0. The van der Waals surface area contributed by atoms with Crippen LogP contribution in [-0.2, 0) is 9.53 Å². The number of halogens is 1. The van der Waals surface area contributed by atoms with Crippen molar-refractivity contribution in [3.63, 3.8) is 0 Å². The highest BCUT2D eigenvalue weighted by Crippen LogP contribution is 2.20. The molecule has 6 nitrogen and oxygen atoms in total. The van der Waals surface area contributed by atoms with Gasteiger partial charge in [0.05, 0.1) is 31.1 Å². The van der Waals surface area contributed by atoms with Crippen molar-refractivity contribution in [3.8, 4) is 11.3 Å². The molecule has 136 valence electrons. The number of benzene rings is 1. The van der Waals surface area contributed by atoms with Gasteiger partial charge in [0.25, 0.3) is 0 Å². The van der Waals surface area contributed by atoms with Crippen molar-refractivity contribution in [2.45, 2.75) is 31.8 Å². The number of nitrogens with zero attached hydrogens (tertiary/aromatic N) is 1. The van der Waals surface area contributed by atoms with E-state index in [-0.39, 0.29) is 30.4 Å². The van der Waals surface area contributed by atoms with Gasteiger partial charge >= 0.3 is 0 Å². The third-order valence-corrected chi connectivity index (χ3v) is 4.18. The minimum absolute atomic E-state index is 0. The summed E-state index contributed by atoms with van der Waals surface area (Å²) in [6.07, 6.45) is 3.01. The maximum absolute atomic E-state index is 12.3. The van der Waals surface area contributed by atoms with Crippen LogP contribution in [-0.4, -0.2) is 41.7 Å². The van der Waals surface area contributed by atoms with Crippen LogP contribution in [0.4, 0.5) is 0 Å². The second kappa shape index (κ2) is 9.56. The van der Waals surface area contributed by atoms with Crippen molar-refractivity contribution < 1.29 is 9.53 Å². The smallest absolute Gasteiger partial charge is 0.222 e. The molecule has 2 atom stereocenters. The van der Waals surface area contributed by atoms with Gasteiger partial charge in [0.2, 0.25) is 5.91 Å². The molecule has 1 aliphatic heterocycles. The van der Waals surface area contributed by atoms with Gasteiger partial charge in [0.15, 0.2) is 0 Å². The summed E-state index contributed by atoms with van der Waals surface area (Å²) in [5.41, 5.74) is 2.04. The first-order chi connectivity index (χ1) is 11.8. The summed E-state index contributed by atoms with van der Waals surface area (Å²) < 4.78 is 5.39. The van der Waals surface area contributed by atoms with Crippen LogP contribution in [0.5, 0.6) is 0 Å². The number of hydrogen-bond acceptors (Lipinski definition) is 4. The zero-order valence-corrected chi connectivity index (χ0v) is 15.1. The van der Waals surface area contributed by atoms with Crippen LogP contribution in [0.15, 0.2) is 36.5 Å². The van der Waals surface area contributed by atoms with Crippen molar-refractivity contribution in [1.29, 1.82) is 0 Å². The largest absolute Gasteiger partial charge is 0.378 e. The topological polar surface area (TPSA) is 79.0 Å². The van der Waals surface area contributed by atoms with E-state index in [0.717, 1.165) is 30.0 Å². The lowest BCUT2D eigenvalue weighted by Gasteiger charge is -2.24. The maximum atomic E-state index is 12.3. The molecule has 1 aromatic heterocycles. The quantitative estimate of drug-likeness (QED) is 0.735. The van der Waals surface area contributed by atoms with E-state index in [0.29, 0.717) is 19.6 Å². The van der Waals surface area contributed by atoms with Gasteiger partial charge in [-0.1, -0.05) is 37.3 Å². The van der Waals surface area contributed by atoms with Crippen LogP contribution >= 0.6 is 12.4 Å². The highest BCUT2D eigenvalue weighted by atomic mass is 35.5. The normalized spacial score (nSPS) is 18.2. The zero-order chi connectivity index (χ0) is 16.8. The molecule has 3 N–H and O–H groups in total. The standard InChI is InChI=1S/C18H24N4O2.ClH/c1-2-15(21-17(23)10-14-12-24-9-8-19-14)18-20-11-16(22-18)13-6-4-3-5-7-13;/h3-7,11,14-15,19H,2,8-10,12H2,1H3,(H,20,22)(H,21,23);1H. The molecule has 0 saturated carbocycles. The fourth-order valence-corrected chi connectivity index (χ4v) is 2.87. The predicted octanol–water partition coefficient (Wildman–Crippen LogP) is 2.44. The molecule has 0 spiro atoms. The first-order valence-corrected chi connectivity index (χ1v) is 8.47. The van der Waals surface area contributed by atoms with Crippen LogP contribution in [0.2, 0.25) is 0 Å². The molecule has 2 aromatic rings. The number of imidazole rings is 1. The third kappa shape index (κ3) is 5.29. The van der Waals surface area contributed by atoms with Crippen LogP contribution in [0.25, 0.3) is 11.3 Å². The van der Waals surface area contributed by atoms with Crippen molar-refractivity contribution in [3.05, 3.63) is 42.4 Å². The molecule has 1 aromatic carbocycles. The summed E-state index contributed by atoms with van der Waals surface area (Å²) in [5, 5.41) is 6.36. The lowest BCUT2D eigenvalue weighted by Crippen LogP contribution is -2.44. The minimum Gasteiger partial charge on any atom is -0.378 e. The van der Waals surface area contributed by atoms with Gasteiger partial charge in [-0.15, -0.1) is 12.4 Å². The Morgan fingerprint density at radius 3 is 2.88 bits per heavy atom. The second-order valence-corrected chi connectivity index (χ2v) is 6.01. The van der Waals surface area contributed by atoms with Crippen molar-refractivity contribution in [1.82, 2.24) is 20.6 Å². The van der Waals surface area contributed by atoms with Gasteiger partial charge in [-0.05, 0) is 12.0 Å². The van der Waals surface area contributed by atoms with Gasteiger partial charge in [0, 0.05) is 19.0 Å². The average molecular weight is 365 g/mol. The van der Waals surface area contributed by atoms with Crippen molar-refractivity contribution in [2.75, 3.05) is 19.8 Å². The van der Waals surface area contributed by atoms with Gasteiger partial charge in [-0.25, -0.2) is 4.98 Å². The summed E-state index contributed by atoms with van der Waals surface area (Å²) >= 11 is 0. The zero-order valence-electron chi connectivity index (χ0n) is 14.3. The SMILES string of the molecule is CCC(NC(=O)CC1COCCN1)c1ncc(-c2ccccc2)[nH]1.Cl. The predicted molar refractivity (Wildman–Crippen MR) is 99.7 cm³/mol. The van der Waals surface area contributed by atoms with Gasteiger partial charge < -0.3 is 20.4 Å². The number of aromatic amines is 1. The molecule has 3 rings (SSSR count). The first kappa shape index (κ1) is 19.4. The number of H-pyrrole nitrogens is 1. The van der Waals surface area contributed by atoms with Crippen LogP contribution in [0.3, 0.4) is 0 Å². The molecule has 1 saturated heterocycles. The fraction of sp³-hybridized carbons (Fsp3) is 0.444. The van der Waals surface area contributed by atoms with Crippen LogP contribution in [0, 0.1) is 0 Å². The molecule has 25 heavy (non-hydrogen) atoms. The highest BCUT2D eigenvalue weighted by molar-refractivity contribution is 5.85. The van der Waals surface area contributed by atoms with Crippen LogP contribution < -0.4 is 10.6 Å². The second-order valence-electron chi connectivity index (χ2n) is 6.01. The van der Waals surface area contributed by atoms with E-state index in [2.05, 4.69) is 20.6 Å². The summed E-state index contributed by atoms with van der Waals surface area (Å²) in [6, 6.07) is 10.0. The molecule has 0 aliphatic carbocycles. The Morgan fingerprint density at radius 2 is 2.20 bits per heavy atom. The molecule has 0 radical (unpaired) electrons. The molecule has 0 bridgehead atoms. The number of amides is 1. The van der Waals surface area contributed by atoms with E-state index in [1.165, 1.54) is 0 Å². The number of morpholine rings is 1. The van der Waals surface area contributed by atoms with Gasteiger partial charge in [0.1, 0.15) is 5.82 Å². The van der Waals surface area contributed by atoms with Crippen molar-refractivity contribution in [2.24, 2.45) is 0 Å². The number of hydrogen-bond donors (Lipinski definition) is 3. The highest BCUT2D eigenvalue weighted by Gasteiger charge is 2.20. The molecule has 1 fully saturated rings. The van der Waals surface area contributed by atoms with E-state index in [1.54, 1.807) is 0 Å². The number of carbonyl (C=O) groups is 1. The number of nitrogens with one attached hydrogen (secondary N) is 3. The Bertz CT molecular complexity index is 656. The van der Waals surface area contributed by atoms with Gasteiger partial charge in [-0.3, -0.25) is 4.79 Å². The van der Waals surface area contributed by atoms with E-state index in [4.69, 9.17) is 4.74 Å². The summed E-state index contributed by atoms with van der Waals surface area (Å²) in [5.74, 6) is 0.806. The molecule has 2 heterocycles. The molecular weight excluding hydrogens is 340 g/mol. The van der Waals surface area contributed by atoms with E-state index >= 15 is 0 Å². The number of aromatic nitrogens is 2. The van der Waals surface area contributed by atoms with E-state index < -0.39 is 0 Å². The molecule has 7 heteroatoms. The number of rotatable bonds is 6. The Kier molecular flexibility index (Phi) is 7.43. The summed E-state index contributed by atoms with van der Waals surface area (Å²) in [6.45, 7) is 4.14. The average Bonchev–Trinajstić information content (AvgIpc) is 3.11. The number of carbonyl (C=O) groups excluding carboxylic acids is 1. The molecule has 1 amide bonds. The third-order valence-electron chi connectivity index (χ3n) is 4.18. The van der Waals surface area contributed by atoms with E-state index in [1.807, 2.05) is 43.5 Å². The fourth-order valence-electron chi connectivity index (χ4n) is 2.87. The van der Waals surface area contributed by atoms with Crippen molar-refractivity contribution >= 4 is 18.3 Å². The van der Waals surface area contributed by atoms with E-state index in [9.17, 15) is 4.79 Å². The lowest BCUT2D eigenvalue weighted by molar-refractivity contribution is -0.123. The Morgan fingerprint density at radius 1 is 1.40 bits per heavy atom.